The van der Waals surface area contributed by atoms with Gasteiger partial charge in [-0.05, 0) is 56.6 Å². The number of aliphatic carboxylic acids is 1. The Hall–Kier alpha value is -2.52. The van der Waals surface area contributed by atoms with Gasteiger partial charge in [-0.3, -0.25) is 0 Å². The lowest BCUT2D eigenvalue weighted by molar-refractivity contribution is -0.284. The lowest BCUT2D eigenvalue weighted by Gasteiger charge is -2.37. The van der Waals surface area contributed by atoms with Crippen molar-refractivity contribution in [2.75, 3.05) is 0 Å². The first-order valence-electron chi connectivity index (χ1n) is 11.4. The minimum absolute atomic E-state index is 0.170. The molecule has 1 fully saturated rings. The number of hydrogen-bond acceptors (Lipinski definition) is 7. The van der Waals surface area contributed by atoms with Gasteiger partial charge in [-0.1, -0.05) is 55.4 Å². The van der Waals surface area contributed by atoms with Crippen molar-refractivity contribution in [1.82, 2.24) is 0 Å². The SMILES string of the molecule is CC1=C(/C=C/C(C)=C/C=C/C(C)=C\C(=O)O[C@H]2O[C@@H](C(=O)O)[C@@H](O)[C@@H](O)[C@@H]2O)C(C)(C)CCC1. The summed E-state index contributed by atoms with van der Waals surface area (Å²) in [5.41, 5.74) is 4.56. The smallest absolute Gasteiger partial charge is 0.335 e. The third-order valence-corrected chi connectivity index (χ3v) is 6.16. The van der Waals surface area contributed by atoms with Crippen molar-refractivity contribution in [1.29, 1.82) is 0 Å². The molecule has 1 saturated heterocycles. The van der Waals surface area contributed by atoms with Crippen LogP contribution >= 0.6 is 0 Å². The van der Waals surface area contributed by atoms with E-state index in [9.17, 15) is 24.9 Å². The summed E-state index contributed by atoms with van der Waals surface area (Å²) in [6, 6.07) is 0. The summed E-state index contributed by atoms with van der Waals surface area (Å²) in [7, 11) is 0. The van der Waals surface area contributed by atoms with E-state index in [1.807, 2.05) is 13.0 Å². The zero-order valence-electron chi connectivity index (χ0n) is 20.4. The summed E-state index contributed by atoms with van der Waals surface area (Å²) in [5, 5.41) is 38.5. The predicted octanol–water partition coefficient (Wildman–Crippen LogP) is 2.95. The zero-order chi connectivity index (χ0) is 25.6. The maximum atomic E-state index is 12.2. The average molecular weight is 477 g/mol. The molecule has 0 unspecified atom stereocenters. The first-order chi connectivity index (χ1) is 15.8. The van der Waals surface area contributed by atoms with E-state index in [1.165, 1.54) is 24.0 Å². The Morgan fingerprint density at radius 2 is 1.74 bits per heavy atom. The molecule has 0 aromatic carbocycles. The normalized spacial score (nSPS) is 30.8. The second-order valence-corrected chi connectivity index (χ2v) is 9.59. The number of aliphatic hydroxyl groups is 3. The van der Waals surface area contributed by atoms with E-state index in [1.54, 1.807) is 19.1 Å². The molecule has 1 aliphatic heterocycles. The highest BCUT2D eigenvalue weighted by molar-refractivity contribution is 5.83. The van der Waals surface area contributed by atoms with Gasteiger partial charge in [0.05, 0.1) is 0 Å². The number of ether oxygens (including phenoxy) is 2. The van der Waals surface area contributed by atoms with Crippen LogP contribution in [0.4, 0.5) is 0 Å². The zero-order valence-corrected chi connectivity index (χ0v) is 20.4. The number of aliphatic hydroxyl groups excluding tert-OH is 3. The molecule has 0 bridgehead atoms. The maximum Gasteiger partial charge on any atom is 0.335 e. The Morgan fingerprint density at radius 3 is 2.35 bits per heavy atom. The van der Waals surface area contributed by atoms with Crippen molar-refractivity contribution < 1.29 is 39.5 Å². The van der Waals surface area contributed by atoms with Gasteiger partial charge in [0.15, 0.2) is 6.10 Å². The van der Waals surface area contributed by atoms with E-state index in [4.69, 9.17) is 14.6 Å². The molecule has 0 aromatic rings. The molecule has 8 heteroatoms. The lowest BCUT2D eigenvalue weighted by Crippen LogP contribution is -2.60. The maximum absolute atomic E-state index is 12.2. The second-order valence-electron chi connectivity index (χ2n) is 9.59. The molecule has 34 heavy (non-hydrogen) atoms. The molecule has 0 radical (unpaired) electrons. The molecular formula is C26H36O8. The van der Waals surface area contributed by atoms with Crippen LogP contribution in [0, 0.1) is 5.41 Å². The van der Waals surface area contributed by atoms with Crippen LogP contribution in [0.25, 0.3) is 0 Å². The van der Waals surface area contributed by atoms with Crippen molar-refractivity contribution in [3.8, 4) is 0 Å². The summed E-state index contributed by atoms with van der Waals surface area (Å²) in [6.07, 6.45) is 5.29. The second kappa shape index (κ2) is 11.8. The van der Waals surface area contributed by atoms with Gasteiger partial charge < -0.3 is 29.9 Å². The summed E-state index contributed by atoms with van der Waals surface area (Å²) in [5.74, 6) is -2.44. The first-order valence-corrected chi connectivity index (χ1v) is 11.4. The van der Waals surface area contributed by atoms with E-state index in [-0.39, 0.29) is 5.41 Å². The molecule has 0 amide bonds. The highest BCUT2D eigenvalue weighted by Crippen LogP contribution is 2.40. The van der Waals surface area contributed by atoms with Gasteiger partial charge in [0.25, 0.3) is 0 Å². The predicted molar refractivity (Wildman–Crippen MR) is 127 cm³/mol. The lowest BCUT2D eigenvalue weighted by atomic mass is 9.72. The Morgan fingerprint density at radius 1 is 1.06 bits per heavy atom. The molecule has 2 aliphatic rings. The number of rotatable bonds is 7. The molecule has 1 aliphatic carbocycles. The standard InChI is InChI=1S/C26H36O8/c1-15(11-12-18-17(3)10-7-13-26(18,4)5)8-6-9-16(2)14-19(27)33-25-22(30)20(28)21(29)23(34-25)24(31)32/h6,8-9,11-12,14,20-23,25,28-30H,7,10,13H2,1-5H3,(H,31,32)/b9-6+,12-11+,15-8+,16-14-/t20-,21+,22+,23-,25+/m1/s1. The van der Waals surface area contributed by atoms with Gasteiger partial charge >= 0.3 is 11.9 Å². The molecule has 2 rings (SSSR count). The fraction of sp³-hybridized carbons (Fsp3) is 0.538. The molecule has 0 spiro atoms. The van der Waals surface area contributed by atoms with E-state index in [2.05, 4.69) is 32.9 Å². The third kappa shape index (κ3) is 7.24. The number of carbonyl (C=O) groups excluding carboxylic acids is 1. The van der Waals surface area contributed by atoms with Crippen LogP contribution in [0.3, 0.4) is 0 Å². The number of carboxylic acids is 1. The first kappa shape index (κ1) is 27.7. The highest BCUT2D eigenvalue weighted by Gasteiger charge is 2.48. The largest absolute Gasteiger partial charge is 0.479 e. The molecule has 188 valence electrons. The van der Waals surface area contributed by atoms with Crippen LogP contribution < -0.4 is 0 Å². The van der Waals surface area contributed by atoms with Gasteiger partial charge in [-0.2, -0.15) is 0 Å². The van der Waals surface area contributed by atoms with E-state index < -0.39 is 42.6 Å². The number of carboxylic acid groups (broad SMARTS) is 1. The van der Waals surface area contributed by atoms with Crippen LogP contribution in [0.15, 0.2) is 58.7 Å². The molecule has 0 saturated carbocycles. The van der Waals surface area contributed by atoms with Crippen molar-refractivity contribution in [3.05, 3.63) is 58.7 Å². The van der Waals surface area contributed by atoms with Crippen molar-refractivity contribution >= 4 is 11.9 Å². The van der Waals surface area contributed by atoms with Crippen molar-refractivity contribution in [2.24, 2.45) is 5.41 Å². The molecule has 4 N–H and O–H groups in total. The van der Waals surface area contributed by atoms with Crippen LogP contribution in [-0.4, -0.2) is 63.1 Å². The molecule has 0 aromatic heterocycles. The number of hydrogen-bond donors (Lipinski definition) is 4. The average Bonchev–Trinajstić information content (AvgIpc) is 2.73. The molecule has 5 atom stereocenters. The Labute approximate surface area is 200 Å². The van der Waals surface area contributed by atoms with E-state index in [0.717, 1.165) is 18.1 Å². The van der Waals surface area contributed by atoms with Crippen molar-refractivity contribution in [2.45, 2.75) is 84.6 Å². The van der Waals surface area contributed by atoms with E-state index >= 15 is 0 Å². The van der Waals surface area contributed by atoms with Gasteiger partial charge in [0.1, 0.15) is 18.3 Å². The fourth-order valence-electron chi connectivity index (χ4n) is 4.16. The topological polar surface area (TPSA) is 134 Å². The van der Waals surface area contributed by atoms with Gasteiger partial charge in [0.2, 0.25) is 6.29 Å². The van der Waals surface area contributed by atoms with Gasteiger partial charge in [-0.15, -0.1) is 0 Å². The van der Waals surface area contributed by atoms with Crippen LogP contribution in [-0.2, 0) is 19.1 Å². The number of carbonyl (C=O) groups is 2. The Balaban J connectivity index is 1.98. The summed E-state index contributed by atoms with van der Waals surface area (Å²) >= 11 is 0. The molecule has 1 heterocycles. The van der Waals surface area contributed by atoms with Crippen LogP contribution in [0.1, 0.15) is 53.9 Å². The fourth-order valence-corrected chi connectivity index (χ4v) is 4.16. The van der Waals surface area contributed by atoms with Gasteiger partial charge in [0, 0.05) is 6.08 Å². The van der Waals surface area contributed by atoms with Crippen LogP contribution in [0.5, 0.6) is 0 Å². The molecule has 8 nitrogen and oxygen atoms in total. The minimum Gasteiger partial charge on any atom is -0.479 e. The van der Waals surface area contributed by atoms with E-state index in [0.29, 0.717) is 5.57 Å². The Bertz CT molecular complexity index is 921. The number of allylic oxidation sites excluding steroid dienone is 9. The summed E-state index contributed by atoms with van der Waals surface area (Å²) < 4.78 is 9.88. The highest BCUT2D eigenvalue weighted by atomic mass is 16.7. The minimum atomic E-state index is -1.85. The monoisotopic (exact) mass is 476 g/mol. The van der Waals surface area contributed by atoms with Crippen molar-refractivity contribution in [3.63, 3.8) is 0 Å². The quantitative estimate of drug-likeness (QED) is 0.250. The third-order valence-electron chi connectivity index (χ3n) is 6.16. The summed E-state index contributed by atoms with van der Waals surface area (Å²) in [6.45, 7) is 10.4. The summed E-state index contributed by atoms with van der Waals surface area (Å²) in [4.78, 5) is 23.3. The number of esters is 1. The Kier molecular flexibility index (Phi) is 9.58. The van der Waals surface area contributed by atoms with Gasteiger partial charge in [-0.25, -0.2) is 9.59 Å². The van der Waals surface area contributed by atoms with Crippen LogP contribution in [0.2, 0.25) is 0 Å². The molecular weight excluding hydrogens is 440 g/mol.